The summed E-state index contributed by atoms with van der Waals surface area (Å²) in [4.78, 5) is 38.1. The van der Waals surface area contributed by atoms with Gasteiger partial charge in [0.25, 0.3) is 17.3 Å². The van der Waals surface area contributed by atoms with Gasteiger partial charge in [-0.3, -0.25) is 30.3 Å². The van der Waals surface area contributed by atoms with Crippen molar-refractivity contribution in [2.45, 2.75) is 32.6 Å². The summed E-state index contributed by atoms with van der Waals surface area (Å²) in [5, 5.41) is 27.2. The van der Waals surface area contributed by atoms with Gasteiger partial charge in [0.2, 0.25) is 0 Å². The maximum atomic E-state index is 12.6. The molecule has 1 heterocycles. The van der Waals surface area contributed by atoms with E-state index in [9.17, 15) is 25.0 Å². The molecular weight excluding hydrogens is 420 g/mol. The molecule has 1 aliphatic carbocycles. The third-order valence-corrected chi connectivity index (χ3v) is 6.14. The molecule has 158 valence electrons. The van der Waals surface area contributed by atoms with Crippen molar-refractivity contribution in [3.63, 3.8) is 0 Å². The minimum absolute atomic E-state index is 0.101. The quantitative estimate of drug-likeness (QED) is 0.438. The van der Waals surface area contributed by atoms with Gasteiger partial charge in [0.15, 0.2) is 5.13 Å². The Morgan fingerprint density at radius 3 is 2.32 bits per heavy atom. The summed E-state index contributed by atoms with van der Waals surface area (Å²) < 4.78 is 0. The lowest BCUT2D eigenvalue weighted by Crippen LogP contribution is -2.13. The highest BCUT2D eigenvalue weighted by atomic mass is 32.1. The molecule has 1 aromatic heterocycles. The molecule has 31 heavy (non-hydrogen) atoms. The molecule has 0 radical (unpaired) electrons. The zero-order chi connectivity index (χ0) is 22.1. The van der Waals surface area contributed by atoms with Crippen LogP contribution >= 0.6 is 11.3 Å². The predicted octanol–water partition coefficient (Wildman–Crippen LogP) is 5.07. The summed E-state index contributed by atoms with van der Waals surface area (Å²) in [6, 6.07) is 8.33. The summed E-state index contributed by atoms with van der Waals surface area (Å²) in [6.45, 7) is 1.28. The maximum absolute atomic E-state index is 12.6. The van der Waals surface area contributed by atoms with E-state index in [0.717, 1.165) is 36.2 Å². The number of nitrogens with one attached hydrogen (secondary N) is 1. The molecule has 10 heteroatoms. The van der Waals surface area contributed by atoms with Gasteiger partial charge in [0.05, 0.1) is 21.1 Å². The summed E-state index contributed by atoms with van der Waals surface area (Å²) in [6.07, 6.45) is 4.50. The van der Waals surface area contributed by atoms with Crippen molar-refractivity contribution in [3.8, 4) is 11.3 Å². The van der Waals surface area contributed by atoms with E-state index in [0.29, 0.717) is 5.13 Å². The van der Waals surface area contributed by atoms with Gasteiger partial charge in [0.1, 0.15) is 5.56 Å². The Labute approximate surface area is 181 Å². The lowest BCUT2D eigenvalue weighted by molar-refractivity contribution is -0.395. The molecule has 1 amide bonds. The number of hydrogen-bond donors (Lipinski definition) is 1. The SMILES string of the molecule is Cc1c([N+](=O)[O-])cc(C(=O)Nc2nc(-c3ccc4c(c3)CCCC4)cs2)cc1[N+](=O)[O-]. The second kappa shape index (κ2) is 8.23. The lowest BCUT2D eigenvalue weighted by atomic mass is 9.90. The number of hydrogen-bond acceptors (Lipinski definition) is 7. The van der Waals surface area contributed by atoms with Crippen LogP contribution in [0, 0.1) is 27.2 Å². The van der Waals surface area contributed by atoms with Gasteiger partial charge in [0, 0.05) is 23.1 Å². The summed E-state index contributed by atoms with van der Waals surface area (Å²) in [7, 11) is 0. The molecule has 0 spiro atoms. The number of nitro benzene ring substituents is 2. The largest absolute Gasteiger partial charge is 0.298 e. The highest BCUT2D eigenvalue weighted by molar-refractivity contribution is 7.14. The Bertz CT molecular complexity index is 1190. The van der Waals surface area contributed by atoms with Crippen LogP contribution in [0.5, 0.6) is 0 Å². The molecule has 0 aliphatic heterocycles. The fourth-order valence-electron chi connectivity index (χ4n) is 3.72. The molecule has 4 rings (SSSR count). The number of benzene rings is 2. The van der Waals surface area contributed by atoms with Crippen molar-refractivity contribution >= 4 is 33.8 Å². The van der Waals surface area contributed by atoms with Crippen LogP contribution in [0.4, 0.5) is 16.5 Å². The van der Waals surface area contributed by atoms with Crippen LogP contribution in [-0.4, -0.2) is 20.7 Å². The lowest BCUT2D eigenvalue weighted by Gasteiger charge is -2.16. The van der Waals surface area contributed by atoms with E-state index in [1.807, 2.05) is 11.4 Å². The minimum atomic E-state index is -0.739. The third-order valence-electron chi connectivity index (χ3n) is 5.38. The molecule has 3 aromatic rings. The van der Waals surface area contributed by atoms with E-state index in [1.54, 1.807) is 0 Å². The van der Waals surface area contributed by atoms with Crippen LogP contribution in [0.1, 0.15) is 39.9 Å². The number of thiazole rings is 1. The van der Waals surface area contributed by atoms with Crippen LogP contribution in [0.15, 0.2) is 35.7 Å². The first-order valence-electron chi connectivity index (χ1n) is 9.66. The average Bonchev–Trinajstić information content (AvgIpc) is 3.21. The van der Waals surface area contributed by atoms with E-state index in [4.69, 9.17) is 0 Å². The van der Waals surface area contributed by atoms with Gasteiger partial charge in [-0.05, 0) is 49.8 Å². The van der Waals surface area contributed by atoms with E-state index >= 15 is 0 Å². The van der Waals surface area contributed by atoms with Crippen LogP contribution in [0.3, 0.4) is 0 Å². The number of carbonyl (C=O) groups excluding carboxylic acids is 1. The van der Waals surface area contributed by atoms with Crippen molar-refractivity contribution in [1.82, 2.24) is 4.98 Å². The smallest absolute Gasteiger partial charge is 0.279 e. The molecule has 0 fully saturated rings. The van der Waals surface area contributed by atoms with Crippen molar-refractivity contribution in [2.75, 3.05) is 5.32 Å². The average molecular weight is 438 g/mol. The van der Waals surface area contributed by atoms with Gasteiger partial charge < -0.3 is 0 Å². The summed E-state index contributed by atoms with van der Waals surface area (Å²) >= 11 is 1.22. The molecular formula is C21H18N4O5S. The second-order valence-corrected chi connectivity index (χ2v) is 8.19. The van der Waals surface area contributed by atoms with E-state index in [2.05, 4.69) is 22.4 Å². The highest BCUT2D eigenvalue weighted by Crippen LogP contribution is 2.32. The minimum Gasteiger partial charge on any atom is -0.298 e. The molecule has 9 nitrogen and oxygen atoms in total. The molecule has 0 saturated heterocycles. The zero-order valence-corrected chi connectivity index (χ0v) is 17.4. The van der Waals surface area contributed by atoms with Crippen molar-refractivity contribution in [3.05, 3.63) is 78.2 Å². The van der Waals surface area contributed by atoms with Crippen LogP contribution in [0.25, 0.3) is 11.3 Å². The number of carbonyl (C=O) groups is 1. The normalized spacial score (nSPS) is 12.8. The summed E-state index contributed by atoms with van der Waals surface area (Å²) in [5.41, 5.74) is 3.13. The first kappa shape index (κ1) is 20.6. The van der Waals surface area contributed by atoms with Crippen molar-refractivity contribution in [2.24, 2.45) is 0 Å². The first-order valence-corrected chi connectivity index (χ1v) is 10.5. The number of anilines is 1. The van der Waals surface area contributed by atoms with Gasteiger partial charge >= 0.3 is 0 Å². The standard InChI is InChI=1S/C21H18N4O5S/c1-12-18(24(27)28)9-16(10-19(12)25(29)30)20(26)23-21-22-17(11-31-21)15-7-6-13-4-2-3-5-14(13)8-15/h6-11H,2-5H2,1H3,(H,22,23,26). The van der Waals surface area contributed by atoms with Gasteiger partial charge in [-0.2, -0.15) is 0 Å². The molecule has 1 aliphatic rings. The molecule has 0 unspecified atom stereocenters. The number of nitrogens with zero attached hydrogens (tertiary/aromatic N) is 3. The van der Waals surface area contributed by atoms with Gasteiger partial charge in [-0.15, -0.1) is 11.3 Å². The fraction of sp³-hybridized carbons (Fsp3) is 0.238. The number of aryl methyl sites for hydroxylation is 2. The Morgan fingerprint density at radius 2 is 1.68 bits per heavy atom. The van der Waals surface area contributed by atoms with Crippen molar-refractivity contribution in [1.29, 1.82) is 0 Å². The first-order chi connectivity index (χ1) is 14.8. The summed E-state index contributed by atoms with van der Waals surface area (Å²) in [5.74, 6) is -0.697. The highest BCUT2D eigenvalue weighted by Gasteiger charge is 2.25. The molecule has 0 bridgehead atoms. The predicted molar refractivity (Wildman–Crippen MR) is 117 cm³/mol. The third kappa shape index (κ3) is 4.15. The number of amides is 1. The Morgan fingerprint density at radius 1 is 1.03 bits per heavy atom. The van der Waals surface area contributed by atoms with Crippen LogP contribution in [0.2, 0.25) is 0 Å². The Kier molecular flexibility index (Phi) is 5.47. The number of fused-ring (bicyclic) bond motifs is 1. The van der Waals surface area contributed by atoms with Crippen molar-refractivity contribution < 1.29 is 14.6 Å². The zero-order valence-electron chi connectivity index (χ0n) is 16.6. The van der Waals surface area contributed by atoms with E-state index in [-0.39, 0.29) is 11.1 Å². The number of rotatable bonds is 5. The Balaban J connectivity index is 1.58. The molecule has 0 saturated carbocycles. The van der Waals surface area contributed by atoms with Gasteiger partial charge in [-0.25, -0.2) is 4.98 Å². The molecule has 2 aromatic carbocycles. The topological polar surface area (TPSA) is 128 Å². The second-order valence-electron chi connectivity index (χ2n) is 7.34. The van der Waals surface area contributed by atoms with Crippen LogP contribution in [-0.2, 0) is 12.8 Å². The number of nitro groups is 2. The Hall–Kier alpha value is -3.66. The van der Waals surface area contributed by atoms with E-state index in [1.165, 1.54) is 42.2 Å². The van der Waals surface area contributed by atoms with Crippen LogP contribution < -0.4 is 5.32 Å². The molecule has 1 N–H and O–H groups in total. The fourth-order valence-corrected chi connectivity index (χ4v) is 4.43. The monoisotopic (exact) mass is 438 g/mol. The number of aromatic nitrogens is 1. The maximum Gasteiger partial charge on any atom is 0.279 e. The van der Waals surface area contributed by atoms with Gasteiger partial charge in [-0.1, -0.05) is 12.1 Å². The molecule has 0 atom stereocenters. The van der Waals surface area contributed by atoms with E-state index < -0.39 is 27.1 Å².